The molecule has 5 heteroatoms. The summed E-state index contributed by atoms with van der Waals surface area (Å²) >= 11 is 0. The maximum Gasteiger partial charge on any atom is 0.154 e. The number of nitrogens with zero attached hydrogens (tertiary/aromatic N) is 2. The van der Waals surface area contributed by atoms with Crippen LogP contribution in [0.1, 0.15) is 75.7 Å². The third kappa shape index (κ3) is 13.1. The van der Waals surface area contributed by atoms with Crippen molar-refractivity contribution in [3.05, 3.63) is 0 Å². The number of rotatable bonds is 12. The average molecular weight is 389 g/mol. The number of methoxy groups -OCH3 is 1. The number of ketones is 2. The first-order valence-corrected chi connectivity index (χ1v) is 10.8. The molecule has 0 amide bonds. The van der Waals surface area contributed by atoms with Crippen LogP contribution < -0.4 is 0 Å². The van der Waals surface area contributed by atoms with Crippen molar-refractivity contribution in [2.75, 3.05) is 39.9 Å². The maximum absolute atomic E-state index is 11.9. The molecule has 0 rings (SSSR count). The van der Waals surface area contributed by atoms with E-state index < -0.39 is 0 Å². The monoisotopic (exact) mass is 388 g/mol. The van der Waals surface area contributed by atoms with Crippen LogP contribution in [0.25, 0.3) is 0 Å². The molecule has 5 nitrogen and oxygen atoms in total. The molecule has 0 aromatic rings. The first-order chi connectivity index (χ1) is 12.7. The third-order valence-electron chi connectivity index (χ3n) is 4.65. The molecular formula is C22H48N2O3. The standard InChI is InChI=1S/C11H23NO2.C9H19NO.C2H6/c1-6-12(7-2)10(8-14-5)11(13)9(3)4;1-5-9(11)8(4)10(6-2)7-3;1-2/h9-10H,6-8H2,1-5H3;8H,5-7H2,1-4H3;1-2H3/t10-;8-;/m11./s1. The van der Waals surface area contributed by atoms with Gasteiger partial charge in [0.2, 0.25) is 0 Å². The number of hydrogen-bond acceptors (Lipinski definition) is 5. The molecule has 0 unspecified atom stereocenters. The van der Waals surface area contributed by atoms with Crippen molar-refractivity contribution in [2.45, 2.75) is 87.7 Å². The third-order valence-corrected chi connectivity index (χ3v) is 4.65. The molecule has 0 aromatic heterocycles. The summed E-state index contributed by atoms with van der Waals surface area (Å²) < 4.78 is 5.10. The number of carbonyl (C=O) groups excluding carboxylic acids is 2. The molecule has 0 aliphatic rings. The zero-order valence-electron chi connectivity index (χ0n) is 20.1. The smallest absolute Gasteiger partial charge is 0.154 e. The van der Waals surface area contributed by atoms with Crippen LogP contribution >= 0.6 is 0 Å². The van der Waals surface area contributed by atoms with E-state index in [0.717, 1.165) is 26.2 Å². The summed E-state index contributed by atoms with van der Waals surface area (Å²) in [6, 6.07) is 0.0324. The molecule has 0 bridgehead atoms. The van der Waals surface area contributed by atoms with Crippen LogP contribution in [0.5, 0.6) is 0 Å². The van der Waals surface area contributed by atoms with Crippen LogP contribution in [0, 0.1) is 5.92 Å². The summed E-state index contributed by atoms with van der Waals surface area (Å²) in [5.74, 6) is 0.694. The lowest BCUT2D eigenvalue weighted by Crippen LogP contribution is -2.45. The van der Waals surface area contributed by atoms with E-state index in [1.807, 2.05) is 41.5 Å². The molecule has 2 atom stereocenters. The first-order valence-electron chi connectivity index (χ1n) is 10.8. The second-order valence-corrected chi connectivity index (χ2v) is 6.47. The zero-order chi connectivity index (χ0) is 22.0. The maximum atomic E-state index is 11.9. The largest absolute Gasteiger partial charge is 0.383 e. The van der Waals surface area contributed by atoms with Gasteiger partial charge in [-0.1, -0.05) is 62.3 Å². The number of likely N-dealkylation sites (N-methyl/N-ethyl adjacent to an activating group) is 2. The molecule has 0 saturated carbocycles. The van der Waals surface area contributed by atoms with Gasteiger partial charge in [-0.15, -0.1) is 0 Å². The fourth-order valence-corrected chi connectivity index (χ4v) is 2.84. The van der Waals surface area contributed by atoms with E-state index in [-0.39, 0.29) is 23.8 Å². The highest BCUT2D eigenvalue weighted by Gasteiger charge is 2.25. The van der Waals surface area contributed by atoms with Gasteiger partial charge in [-0.2, -0.15) is 0 Å². The normalized spacial score (nSPS) is 12.8. The van der Waals surface area contributed by atoms with Crippen LogP contribution in [-0.2, 0) is 14.3 Å². The van der Waals surface area contributed by atoms with Crippen LogP contribution in [0.2, 0.25) is 0 Å². The van der Waals surface area contributed by atoms with Crippen LogP contribution in [0.15, 0.2) is 0 Å². The molecule has 0 heterocycles. The number of carbonyl (C=O) groups is 2. The Kier molecular flexibility index (Phi) is 22.9. The zero-order valence-corrected chi connectivity index (χ0v) is 20.1. The minimum absolute atomic E-state index is 0.0741. The Bertz CT molecular complexity index is 351. The second kappa shape index (κ2) is 20.0. The second-order valence-electron chi connectivity index (χ2n) is 6.47. The van der Waals surface area contributed by atoms with E-state index in [9.17, 15) is 9.59 Å². The van der Waals surface area contributed by atoms with Crippen LogP contribution in [0.3, 0.4) is 0 Å². The van der Waals surface area contributed by atoms with Crippen LogP contribution in [-0.4, -0.2) is 73.3 Å². The highest BCUT2D eigenvalue weighted by Crippen LogP contribution is 2.08. The van der Waals surface area contributed by atoms with Gasteiger partial charge >= 0.3 is 0 Å². The van der Waals surface area contributed by atoms with Gasteiger partial charge in [0.1, 0.15) is 5.78 Å². The molecule has 0 fully saturated rings. The predicted octanol–water partition coefficient (Wildman–Crippen LogP) is 4.29. The van der Waals surface area contributed by atoms with Crippen molar-refractivity contribution in [3.63, 3.8) is 0 Å². The SMILES string of the molecule is CC.CCC(=O)[C@@H](C)N(CC)CC.CCN(CC)[C@H](COC)C(=O)C(C)C. The van der Waals surface area contributed by atoms with Crippen molar-refractivity contribution in [3.8, 4) is 0 Å². The molecular weight excluding hydrogens is 340 g/mol. The minimum atomic E-state index is -0.0741. The summed E-state index contributed by atoms with van der Waals surface area (Å²) in [6.45, 7) is 24.3. The fourth-order valence-electron chi connectivity index (χ4n) is 2.84. The van der Waals surface area contributed by atoms with Gasteiger partial charge in [-0.25, -0.2) is 0 Å². The molecule has 164 valence electrons. The van der Waals surface area contributed by atoms with Crippen molar-refractivity contribution >= 4 is 11.6 Å². The molecule has 0 N–H and O–H groups in total. The summed E-state index contributed by atoms with van der Waals surface area (Å²) in [5, 5.41) is 0. The Labute approximate surface area is 169 Å². The lowest BCUT2D eigenvalue weighted by Gasteiger charge is -2.29. The average Bonchev–Trinajstić information content (AvgIpc) is 2.69. The molecule has 0 aliphatic carbocycles. The lowest BCUT2D eigenvalue weighted by atomic mass is 10.0. The predicted molar refractivity (Wildman–Crippen MR) is 117 cm³/mol. The van der Waals surface area contributed by atoms with Gasteiger partial charge in [0, 0.05) is 19.4 Å². The van der Waals surface area contributed by atoms with E-state index >= 15 is 0 Å². The van der Waals surface area contributed by atoms with E-state index in [1.165, 1.54) is 0 Å². The fraction of sp³-hybridized carbons (Fsp3) is 0.909. The van der Waals surface area contributed by atoms with Gasteiger partial charge in [0.15, 0.2) is 5.78 Å². The van der Waals surface area contributed by atoms with Gasteiger partial charge in [0.05, 0.1) is 18.7 Å². The lowest BCUT2D eigenvalue weighted by molar-refractivity contribution is -0.129. The van der Waals surface area contributed by atoms with Gasteiger partial charge < -0.3 is 4.74 Å². The summed E-state index contributed by atoms with van der Waals surface area (Å²) in [6.07, 6.45) is 0.650. The van der Waals surface area contributed by atoms with E-state index in [2.05, 4.69) is 37.5 Å². The number of hydrogen-bond donors (Lipinski definition) is 0. The number of ether oxygens (including phenoxy) is 1. The Morgan fingerprint density at radius 3 is 1.48 bits per heavy atom. The van der Waals surface area contributed by atoms with Gasteiger partial charge in [0.25, 0.3) is 0 Å². The van der Waals surface area contributed by atoms with Gasteiger partial charge in [-0.05, 0) is 33.1 Å². The Morgan fingerprint density at radius 1 is 0.815 bits per heavy atom. The molecule has 0 spiro atoms. The first kappa shape index (κ1) is 30.9. The van der Waals surface area contributed by atoms with E-state index in [0.29, 0.717) is 18.8 Å². The molecule has 0 saturated heterocycles. The Hall–Kier alpha value is -0.780. The molecule has 27 heavy (non-hydrogen) atoms. The quantitative estimate of drug-likeness (QED) is 0.499. The van der Waals surface area contributed by atoms with Crippen molar-refractivity contribution < 1.29 is 14.3 Å². The molecule has 0 aromatic carbocycles. The summed E-state index contributed by atoms with van der Waals surface area (Å²) in [5.41, 5.74) is 0. The van der Waals surface area contributed by atoms with Crippen molar-refractivity contribution in [1.82, 2.24) is 9.80 Å². The summed E-state index contributed by atoms with van der Waals surface area (Å²) in [4.78, 5) is 27.4. The van der Waals surface area contributed by atoms with E-state index in [4.69, 9.17) is 4.74 Å². The van der Waals surface area contributed by atoms with Crippen molar-refractivity contribution in [1.29, 1.82) is 0 Å². The highest BCUT2D eigenvalue weighted by atomic mass is 16.5. The molecule has 0 radical (unpaired) electrons. The number of Topliss-reactive ketones (excluding diaryl/α,β-unsaturated/α-hetero) is 2. The van der Waals surface area contributed by atoms with Crippen molar-refractivity contribution in [2.24, 2.45) is 5.92 Å². The van der Waals surface area contributed by atoms with E-state index in [1.54, 1.807) is 7.11 Å². The topological polar surface area (TPSA) is 49.9 Å². The summed E-state index contributed by atoms with van der Waals surface area (Å²) in [7, 11) is 1.64. The Balaban J connectivity index is -0.000000400. The highest BCUT2D eigenvalue weighted by molar-refractivity contribution is 5.85. The van der Waals surface area contributed by atoms with Gasteiger partial charge in [-0.3, -0.25) is 19.4 Å². The molecule has 0 aliphatic heterocycles. The minimum Gasteiger partial charge on any atom is -0.383 e. The Morgan fingerprint density at radius 2 is 1.22 bits per heavy atom. The van der Waals surface area contributed by atoms with Crippen LogP contribution in [0.4, 0.5) is 0 Å².